The summed E-state index contributed by atoms with van der Waals surface area (Å²) in [5, 5.41) is 9.67. The van der Waals surface area contributed by atoms with E-state index in [0.29, 0.717) is 29.9 Å². The van der Waals surface area contributed by atoms with E-state index in [2.05, 4.69) is 0 Å². The molecular formula is C16H19NO5. The van der Waals surface area contributed by atoms with E-state index < -0.39 is 11.5 Å². The molecule has 1 heterocycles. The summed E-state index contributed by atoms with van der Waals surface area (Å²) >= 11 is 0. The third-order valence-corrected chi connectivity index (χ3v) is 4.65. The molecule has 6 heteroatoms. The highest BCUT2D eigenvalue weighted by molar-refractivity contribution is 5.98. The molecule has 0 aromatic heterocycles. The Morgan fingerprint density at radius 3 is 2.50 bits per heavy atom. The van der Waals surface area contributed by atoms with Crippen molar-refractivity contribution in [1.29, 1.82) is 0 Å². The minimum absolute atomic E-state index is 0.141. The highest BCUT2D eigenvalue weighted by Gasteiger charge is 2.45. The maximum Gasteiger partial charge on any atom is 0.329 e. The molecule has 1 aromatic rings. The van der Waals surface area contributed by atoms with Crippen LogP contribution < -0.4 is 9.47 Å². The average Bonchev–Trinajstić information content (AvgIpc) is 3.01. The van der Waals surface area contributed by atoms with Gasteiger partial charge < -0.3 is 19.5 Å². The molecular weight excluding hydrogens is 286 g/mol. The van der Waals surface area contributed by atoms with Gasteiger partial charge in [0, 0.05) is 12.6 Å². The lowest BCUT2D eigenvalue weighted by atomic mass is 9.80. The van der Waals surface area contributed by atoms with Gasteiger partial charge in [-0.15, -0.1) is 0 Å². The summed E-state index contributed by atoms with van der Waals surface area (Å²) in [6.07, 6.45) is 3.65. The summed E-state index contributed by atoms with van der Waals surface area (Å²) in [5.74, 6) is -0.108. The largest absolute Gasteiger partial charge is 0.479 e. The Labute approximate surface area is 128 Å². The first kappa shape index (κ1) is 14.7. The number of amides is 1. The van der Waals surface area contributed by atoms with Crippen molar-refractivity contribution >= 4 is 11.9 Å². The molecule has 1 N–H and O–H groups in total. The molecule has 6 nitrogen and oxygen atoms in total. The molecule has 1 saturated carbocycles. The topological polar surface area (TPSA) is 76.1 Å². The predicted octanol–water partition coefficient (Wildman–Crippen LogP) is 2.27. The van der Waals surface area contributed by atoms with Gasteiger partial charge >= 0.3 is 5.97 Å². The fourth-order valence-electron chi connectivity index (χ4n) is 3.25. The van der Waals surface area contributed by atoms with Crippen molar-refractivity contribution in [2.75, 3.05) is 13.8 Å². The Bertz CT molecular complexity index is 607. The number of aliphatic carboxylic acids is 1. The maximum atomic E-state index is 12.7. The Balaban J connectivity index is 1.88. The number of carboxylic acid groups (broad SMARTS) is 1. The van der Waals surface area contributed by atoms with E-state index in [1.807, 2.05) is 0 Å². The van der Waals surface area contributed by atoms with Crippen molar-refractivity contribution in [2.24, 2.45) is 0 Å². The van der Waals surface area contributed by atoms with E-state index >= 15 is 0 Å². The van der Waals surface area contributed by atoms with E-state index in [1.165, 1.54) is 4.90 Å². The van der Waals surface area contributed by atoms with Crippen LogP contribution in [-0.2, 0) is 4.79 Å². The van der Waals surface area contributed by atoms with Gasteiger partial charge in [-0.1, -0.05) is 19.3 Å². The molecule has 0 atom stereocenters. The zero-order valence-electron chi connectivity index (χ0n) is 12.5. The van der Waals surface area contributed by atoms with Gasteiger partial charge in [-0.05, 0) is 31.0 Å². The average molecular weight is 305 g/mol. The molecule has 0 radical (unpaired) electrons. The van der Waals surface area contributed by atoms with Crippen LogP contribution in [0.2, 0.25) is 0 Å². The summed E-state index contributed by atoms with van der Waals surface area (Å²) in [7, 11) is 1.58. The van der Waals surface area contributed by atoms with Gasteiger partial charge in [0.05, 0.1) is 0 Å². The first-order valence-electron chi connectivity index (χ1n) is 7.46. The zero-order chi connectivity index (χ0) is 15.7. The second-order valence-corrected chi connectivity index (χ2v) is 5.83. The molecule has 3 rings (SSSR count). The first-order valence-corrected chi connectivity index (χ1v) is 7.46. The lowest BCUT2D eigenvalue weighted by molar-refractivity contribution is -0.151. The second kappa shape index (κ2) is 5.51. The smallest absolute Gasteiger partial charge is 0.329 e. The highest BCUT2D eigenvalue weighted by atomic mass is 16.7. The van der Waals surface area contributed by atoms with Crippen LogP contribution in [0.15, 0.2) is 18.2 Å². The van der Waals surface area contributed by atoms with Crippen LogP contribution in [0, 0.1) is 0 Å². The van der Waals surface area contributed by atoms with Crippen LogP contribution in [0.5, 0.6) is 11.5 Å². The van der Waals surface area contributed by atoms with Crippen LogP contribution >= 0.6 is 0 Å². The number of hydrogen-bond donors (Lipinski definition) is 1. The van der Waals surface area contributed by atoms with Crippen molar-refractivity contribution in [3.05, 3.63) is 23.8 Å². The minimum Gasteiger partial charge on any atom is -0.479 e. The molecule has 1 aliphatic carbocycles. The third-order valence-electron chi connectivity index (χ3n) is 4.65. The molecule has 118 valence electrons. The van der Waals surface area contributed by atoms with Gasteiger partial charge in [-0.3, -0.25) is 4.79 Å². The zero-order valence-corrected chi connectivity index (χ0v) is 12.5. The minimum atomic E-state index is -1.11. The lowest BCUT2D eigenvalue weighted by Crippen LogP contribution is -2.56. The van der Waals surface area contributed by atoms with Crippen molar-refractivity contribution < 1.29 is 24.2 Å². The van der Waals surface area contributed by atoms with Gasteiger partial charge in [-0.2, -0.15) is 0 Å². The van der Waals surface area contributed by atoms with Gasteiger partial charge in [0.2, 0.25) is 6.79 Å². The number of nitrogens with zero attached hydrogens (tertiary/aromatic N) is 1. The SMILES string of the molecule is CN(C(=O)c1ccc2c(c1)OCO2)C1(C(=O)O)CCCCC1. The van der Waals surface area contributed by atoms with Gasteiger partial charge in [0.25, 0.3) is 5.91 Å². The number of carbonyl (C=O) groups is 2. The Kier molecular flexibility index (Phi) is 3.68. The normalized spacial score (nSPS) is 18.8. The number of carbonyl (C=O) groups excluding carboxylic acids is 1. The molecule has 0 bridgehead atoms. The van der Waals surface area contributed by atoms with E-state index in [9.17, 15) is 14.7 Å². The summed E-state index contributed by atoms with van der Waals surface area (Å²) in [6, 6.07) is 4.93. The van der Waals surface area contributed by atoms with Gasteiger partial charge in [-0.25, -0.2) is 4.79 Å². The molecule has 2 aliphatic rings. The van der Waals surface area contributed by atoms with Crippen LogP contribution in [0.3, 0.4) is 0 Å². The third kappa shape index (κ3) is 2.28. The van der Waals surface area contributed by atoms with Crippen molar-refractivity contribution in [2.45, 2.75) is 37.6 Å². The van der Waals surface area contributed by atoms with Gasteiger partial charge in [0.15, 0.2) is 11.5 Å². The highest BCUT2D eigenvalue weighted by Crippen LogP contribution is 2.36. The molecule has 1 fully saturated rings. The fourth-order valence-corrected chi connectivity index (χ4v) is 3.25. The number of benzene rings is 1. The fraction of sp³-hybridized carbons (Fsp3) is 0.500. The number of hydrogen-bond acceptors (Lipinski definition) is 4. The number of rotatable bonds is 3. The Morgan fingerprint density at radius 1 is 1.14 bits per heavy atom. The van der Waals surface area contributed by atoms with E-state index in [-0.39, 0.29) is 12.7 Å². The molecule has 1 aromatic carbocycles. The summed E-state index contributed by atoms with van der Waals surface area (Å²) < 4.78 is 10.5. The van der Waals surface area contributed by atoms with Crippen LogP contribution in [0.25, 0.3) is 0 Å². The molecule has 0 unspecified atom stereocenters. The lowest BCUT2D eigenvalue weighted by Gasteiger charge is -2.41. The Morgan fingerprint density at radius 2 is 1.82 bits per heavy atom. The van der Waals surface area contributed by atoms with Gasteiger partial charge in [0.1, 0.15) is 5.54 Å². The first-order chi connectivity index (χ1) is 10.5. The van der Waals surface area contributed by atoms with E-state index in [0.717, 1.165) is 19.3 Å². The van der Waals surface area contributed by atoms with E-state index in [1.54, 1.807) is 25.2 Å². The molecule has 0 spiro atoms. The number of carboxylic acids is 1. The van der Waals surface area contributed by atoms with E-state index in [4.69, 9.17) is 9.47 Å². The number of likely N-dealkylation sites (N-methyl/N-ethyl adjacent to an activating group) is 1. The van der Waals surface area contributed by atoms with Crippen LogP contribution in [0.1, 0.15) is 42.5 Å². The van der Waals surface area contributed by atoms with Crippen molar-refractivity contribution in [3.8, 4) is 11.5 Å². The second-order valence-electron chi connectivity index (χ2n) is 5.83. The quantitative estimate of drug-likeness (QED) is 0.927. The molecule has 1 amide bonds. The number of fused-ring (bicyclic) bond motifs is 1. The van der Waals surface area contributed by atoms with Crippen molar-refractivity contribution in [3.63, 3.8) is 0 Å². The maximum absolute atomic E-state index is 12.7. The predicted molar refractivity (Wildman–Crippen MR) is 78.1 cm³/mol. The standard InChI is InChI=1S/C16H19NO5/c1-17(16(15(19)20)7-3-2-4-8-16)14(18)11-5-6-12-13(9-11)22-10-21-12/h5-6,9H,2-4,7-8,10H2,1H3,(H,19,20). The summed E-state index contributed by atoms with van der Waals surface area (Å²) in [5.41, 5.74) is -0.691. The summed E-state index contributed by atoms with van der Waals surface area (Å²) in [4.78, 5) is 25.9. The molecule has 0 saturated heterocycles. The van der Waals surface area contributed by atoms with Crippen LogP contribution in [0.4, 0.5) is 0 Å². The number of ether oxygens (including phenoxy) is 2. The molecule has 22 heavy (non-hydrogen) atoms. The summed E-state index contributed by atoms with van der Waals surface area (Å²) in [6.45, 7) is 0.141. The Hall–Kier alpha value is -2.24. The monoisotopic (exact) mass is 305 g/mol. The van der Waals surface area contributed by atoms with Crippen LogP contribution in [-0.4, -0.2) is 41.3 Å². The van der Waals surface area contributed by atoms with Crippen molar-refractivity contribution in [1.82, 2.24) is 4.90 Å². The molecule has 1 aliphatic heterocycles.